The Hall–Kier alpha value is -0.861. The van der Waals surface area contributed by atoms with Crippen molar-refractivity contribution in [3.63, 3.8) is 0 Å². The molecule has 0 atom stereocenters. The summed E-state index contributed by atoms with van der Waals surface area (Å²) in [4.78, 5) is 0. The molecule has 1 heterocycles. The summed E-state index contributed by atoms with van der Waals surface area (Å²) in [6, 6.07) is 6.12. The summed E-state index contributed by atoms with van der Waals surface area (Å²) in [7, 11) is 0. The van der Waals surface area contributed by atoms with Crippen molar-refractivity contribution in [2.45, 2.75) is 13.8 Å². The van der Waals surface area contributed by atoms with E-state index in [0.29, 0.717) is 5.92 Å². The first-order valence-corrected chi connectivity index (χ1v) is 6.26. The van der Waals surface area contributed by atoms with E-state index in [1.54, 1.807) is 0 Å². The van der Waals surface area contributed by atoms with Crippen molar-refractivity contribution in [2.75, 3.05) is 11.9 Å². The van der Waals surface area contributed by atoms with Crippen molar-refractivity contribution in [1.82, 2.24) is 7.96 Å². The predicted octanol–water partition coefficient (Wildman–Crippen LogP) is 1.75. The third-order valence-corrected chi connectivity index (χ3v) is 3.13. The van der Waals surface area contributed by atoms with E-state index < -0.39 is 0 Å². The van der Waals surface area contributed by atoms with Gasteiger partial charge in [0, 0.05) is 0 Å². The van der Waals surface area contributed by atoms with Crippen molar-refractivity contribution in [1.29, 1.82) is 0 Å². The van der Waals surface area contributed by atoms with Gasteiger partial charge in [0.05, 0.1) is 0 Å². The van der Waals surface area contributed by atoms with Crippen LogP contribution in [0.3, 0.4) is 0 Å². The monoisotopic (exact) mass is 255 g/mol. The molecule has 0 amide bonds. The van der Waals surface area contributed by atoms with Crippen LogP contribution in [0.2, 0.25) is 0 Å². The van der Waals surface area contributed by atoms with E-state index in [0.717, 1.165) is 23.3 Å². The van der Waals surface area contributed by atoms with Crippen LogP contribution >= 0.6 is 0 Å². The van der Waals surface area contributed by atoms with Gasteiger partial charge in [-0.25, -0.2) is 0 Å². The zero-order valence-electron chi connectivity index (χ0n) is 8.32. The molecule has 0 unspecified atom stereocenters. The van der Waals surface area contributed by atoms with Crippen molar-refractivity contribution >= 4 is 31.7 Å². The number of nitrogens with one attached hydrogen (secondary N) is 1. The summed E-state index contributed by atoms with van der Waals surface area (Å²) in [6.07, 6.45) is 0. The second kappa shape index (κ2) is 4.11. The average molecular weight is 254 g/mol. The molecule has 0 aliphatic carbocycles. The number of rotatable bonds is 3. The van der Waals surface area contributed by atoms with Gasteiger partial charge in [-0.1, -0.05) is 0 Å². The summed E-state index contributed by atoms with van der Waals surface area (Å²) >= 11 is 0.0674. The third kappa shape index (κ3) is 1.97. The Labute approximate surface area is 89.8 Å². The molecular weight excluding hydrogens is 241 g/mol. The van der Waals surface area contributed by atoms with Crippen LogP contribution in [0.25, 0.3) is 11.0 Å². The number of fused-ring (bicyclic) bond motifs is 1. The molecule has 3 nitrogen and oxygen atoms in total. The molecule has 0 spiro atoms. The zero-order valence-corrected chi connectivity index (χ0v) is 10.0. The fourth-order valence-electron chi connectivity index (χ4n) is 1.26. The van der Waals surface area contributed by atoms with E-state index >= 15 is 0 Å². The summed E-state index contributed by atoms with van der Waals surface area (Å²) in [5, 5.41) is 3.40. The van der Waals surface area contributed by atoms with Crippen LogP contribution in [-0.2, 0) is 0 Å². The maximum absolute atomic E-state index is 4.41. The Morgan fingerprint density at radius 3 is 3.00 bits per heavy atom. The fourth-order valence-corrected chi connectivity index (χ4v) is 2.42. The molecule has 1 aromatic heterocycles. The topological polar surface area (TPSA) is 37.8 Å². The predicted molar refractivity (Wildman–Crippen MR) is 59.8 cm³/mol. The number of benzene rings is 1. The summed E-state index contributed by atoms with van der Waals surface area (Å²) < 4.78 is 8.75. The summed E-state index contributed by atoms with van der Waals surface area (Å²) in [6.45, 7) is 5.38. The van der Waals surface area contributed by atoms with Gasteiger partial charge in [-0.15, -0.1) is 0 Å². The first-order valence-electron chi connectivity index (χ1n) is 4.72. The van der Waals surface area contributed by atoms with Gasteiger partial charge in [0.25, 0.3) is 0 Å². The molecule has 4 heteroatoms. The molecule has 1 aromatic carbocycles. The Kier molecular flexibility index (Phi) is 2.84. The Morgan fingerprint density at radius 1 is 1.36 bits per heavy atom. The summed E-state index contributed by atoms with van der Waals surface area (Å²) in [5.41, 5.74) is 3.21. The molecule has 74 valence electrons. The second-order valence-corrected chi connectivity index (χ2v) is 4.82. The van der Waals surface area contributed by atoms with Gasteiger partial charge in [0.2, 0.25) is 0 Å². The van der Waals surface area contributed by atoms with Crippen LogP contribution in [0.5, 0.6) is 0 Å². The van der Waals surface area contributed by atoms with Gasteiger partial charge in [0.15, 0.2) is 0 Å². The molecule has 0 saturated carbocycles. The third-order valence-electron chi connectivity index (χ3n) is 1.99. The fraction of sp³-hybridized carbons (Fsp3) is 0.400. The van der Waals surface area contributed by atoms with E-state index in [4.69, 9.17) is 0 Å². The quantitative estimate of drug-likeness (QED) is 0.848. The van der Waals surface area contributed by atoms with Crippen molar-refractivity contribution in [2.24, 2.45) is 5.92 Å². The summed E-state index contributed by atoms with van der Waals surface area (Å²) in [5.74, 6) is 0.648. The minimum atomic E-state index is 0.0674. The molecule has 0 fully saturated rings. The number of hydrogen-bond acceptors (Lipinski definition) is 3. The van der Waals surface area contributed by atoms with Crippen molar-refractivity contribution in [3.05, 3.63) is 18.2 Å². The normalized spacial score (nSPS) is 11.1. The molecule has 0 radical (unpaired) electrons. The maximum atomic E-state index is 4.41. The van der Waals surface area contributed by atoms with Gasteiger partial charge in [-0.3, -0.25) is 0 Å². The van der Waals surface area contributed by atoms with Gasteiger partial charge >= 0.3 is 89.5 Å². The van der Waals surface area contributed by atoms with E-state index in [2.05, 4.69) is 33.2 Å². The van der Waals surface area contributed by atoms with Crippen LogP contribution in [0.15, 0.2) is 18.2 Å². The molecule has 0 saturated heterocycles. The number of nitrogens with zero attached hydrogens (tertiary/aromatic N) is 2. The second-order valence-electron chi connectivity index (χ2n) is 3.71. The van der Waals surface area contributed by atoms with E-state index in [-0.39, 0.29) is 15.0 Å². The average Bonchev–Trinajstić information content (AvgIpc) is 2.62. The number of hydrogen-bond donors (Lipinski definition) is 1. The first-order chi connectivity index (χ1) is 6.77. The van der Waals surface area contributed by atoms with Gasteiger partial charge < -0.3 is 0 Å². The van der Waals surface area contributed by atoms with Crippen LogP contribution in [0.1, 0.15) is 13.8 Å². The molecular formula is C10H13N3Se. The number of aromatic nitrogens is 2. The SMILES string of the molecule is CC(C)CNc1cccc2n[se]nc12. The Bertz CT molecular complexity index is 422. The van der Waals surface area contributed by atoms with E-state index in [9.17, 15) is 0 Å². The number of anilines is 1. The van der Waals surface area contributed by atoms with Crippen LogP contribution < -0.4 is 5.32 Å². The molecule has 0 aliphatic rings. The Morgan fingerprint density at radius 2 is 2.21 bits per heavy atom. The molecule has 1 N–H and O–H groups in total. The Balaban J connectivity index is 2.27. The van der Waals surface area contributed by atoms with Gasteiger partial charge in [0.1, 0.15) is 0 Å². The van der Waals surface area contributed by atoms with Crippen LogP contribution in [0.4, 0.5) is 5.69 Å². The van der Waals surface area contributed by atoms with Gasteiger partial charge in [-0.2, -0.15) is 0 Å². The van der Waals surface area contributed by atoms with Gasteiger partial charge in [-0.05, 0) is 0 Å². The first kappa shape index (κ1) is 9.69. The van der Waals surface area contributed by atoms with E-state index in [1.807, 2.05) is 12.1 Å². The van der Waals surface area contributed by atoms with Crippen molar-refractivity contribution < 1.29 is 0 Å². The van der Waals surface area contributed by atoms with Crippen LogP contribution in [0, 0.1) is 5.92 Å². The van der Waals surface area contributed by atoms with Crippen LogP contribution in [-0.4, -0.2) is 29.5 Å². The molecule has 0 aliphatic heterocycles. The molecule has 0 bridgehead atoms. The van der Waals surface area contributed by atoms with E-state index in [1.165, 1.54) is 0 Å². The van der Waals surface area contributed by atoms with Crippen molar-refractivity contribution in [3.8, 4) is 0 Å². The minimum absolute atomic E-state index is 0.0674. The standard InChI is InChI=1S/C10H13N3Se/c1-7(2)6-11-8-4-3-5-9-10(8)13-14-12-9/h3-5,7,11H,6H2,1-2H3. The zero-order chi connectivity index (χ0) is 9.97. The molecule has 2 aromatic rings. The molecule has 14 heavy (non-hydrogen) atoms. The molecule has 2 rings (SSSR count).